The number of hydrogen-bond acceptors (Lipinski definition) is 4. The quantitative estimate of drug-likeness (QED) is 0.418. The molecule has 5 rings (SSSR count). The zero-order valence-corrected chi connectivity index (χ0v) is 15.5. The molecule has 1 aliphatic heterocycles. The molecule has 0 saturated carbocycles. The molecule has 136 valence electrons. The van der Waals surface area contributed by atoms with Crippen LogP contribution >= 0.6 is 0 Å². The predicted molar refractivity (Wildman–Crippen MR) is 108 cm³/mol. The minimum atomic E-state index is 0.725. The van der Waals surface area contributed by atoms with E-state index in [0.717, 1.165) is 71.2 Å². The predicted octanol–water partition coefficient (Wildman–Crippen LogP) is 3.94. The van der Waals surface area contributed by atoms with Crippen molar-refractivity contribution in [3.63, 3.8) is 0 Å². The van der Waals surface area contributed by atoms with E-state index < -0.39 is 0 Å². The number of rotatable bonds is 0. The van der Waals surface area contributed by atoms with Gasteiger partial charge >= 0.3 is 0 Å². The smallest absolute Gasteiger partial charge is 0.0466 e. The van der Waals surface area contributed by atoms with Crippen molar-refractivity contribution in [3.05, 3.63) is 118 Å². The molecule has 0 fully saturated rings. The van der Waals surface area contributed by atoms with Crippen molar-refractivity contribution < 1.29 is 0 Å². The Morgan fingerprint density at radius 3 is 0.679 bits per heavy atom. The first-order valence-corrected chi connectivity index (χ1v) is 9.59. The third-order valence-corrected chi connectivity index (χ3v) is 4.91. The summed E-state index contributed by atoms with van der Waals surface area (Å²) in [4.78, 5) is 19.4. The molecule has 4 heteroatoms. The van der Waals surface area contributed by atoms with Gasteiger partial charge in [-0.05, 0) is 48.5 Å². The van der Waals surface area contributed by atoms with E-state index in [1.165, 1.54) is 0 Å². The van der Waals surface area contributed by atoms with Gasteiger partial charge in [-0.1, -0.05) is 24.3 Å². The molecule has 0 N–H and O–H groups in total. The van der Waals surface area contributed by atoms with Crippen molar-refractivity contribution in [3.8, 4) is 0 Å². The summed E-state index contributed by atoms with van der Waals surface area (Å²) in [5, 5.41) is 0. The molecule has 0 unspecified atom stereocenters. The SMILES string of the molecule is c1cc2nc(c1)Cc1cccc(n1)Cc1cccc(n1)Cc1cccc(n1)C2. The molecule has 1 aliphatic rings. The van der Waals surface area contributed by atoms with Gasteiger partial charge in [-0.3, -0.25) is 19.9 Å². The fourth-order valence-electron chi connectivity index (χ4n) is 3.65. The summed E-state index contributed by atoms with van der Waals surface area (Å²) in [6.07, 6.45) is 2.90. The number of fused-ring (bicyclic) bond motifs is 8. The van der Waals surface area contributed by atoms with Crippen LogP contribution in [0.3, 0.4) is 0 Å². The average molecular weight is 364 g/mol. The highest BCUT2D eigenvalue weighted by Gasteiger charge is 2.08. The van der Waals surface area contributed by atoms with Gasteiger partial charge in [0.1, 0.15) is 0 Å². The van der Waals surface area contributed by atoms with Crippen molar-refractivity contribution in [2.45, 2.75) is 25.7 Å². The van der Waals surface area contributed by atoms with Crippen molar-refractivity contribution >= 4 is 0 Å². The van der Waals surface area contributed by atoms with Gasteiger partial charge in [-0.2, -0.15) is 0 Å². The molecule has 0 spiro atoms. The standard InChI is InChI=1S/C24H20N4/c1-5-17-13-19-7-2-9-21(26-19)15-23-11-4-12-24(28-23)16-22-10-3-8-20(27-22)14-18(6-1)25-17/h1-12H,13-16H2. The second-order valence-corrected chi connectivity index (χ2v) is 7.19. The van der Waals surface area contributed by atoms with Crippen LogP contribution in [-0.2, 0) is 25.7 Å². The van der Waals surface area contributed by atoms with Gasteiger partial charge in [0.2, 0.25) is 0 Å². The van der Waals surface area contributed by atoms with Crippen molar-refractivity contribution in [1.29, 1.82) is 0 Å². The maximum atomic E-state index is 4.84. The van der Waals surface area contributed by atoms with E-state index in [9.17, 15) is 0 Å². The molecule has 0 amide bonds. The first-order valence-electron chi connectivity index (χ1n) is 9.59. The molecule has 0 atom stereocenters. The van der Waals surface area contributed by atoms with E-state index in [0.29, 0.717) is 0 Å². The topological polar surface area (TPSA) is 51.6 Å². The minimum Gasteiger partial charge on any atom is -0.257 e. The first kappa shape index (κ1) is 16.8. The second-order valence-electron chi connectivity index (χ2n) is 7.19. The highest BCUT2D eigenvalue weighted by atomic mass is 14.8. The van der Waals surface area contributed by atoms with E-state index >= 15 is 0 Å². The van der Waals surface area contributed by atoms with Crippen LogP contribution in [0.4, 0.5) is 0 Å². The van der Waals surface area contributed by atoms with Crippen molar-refractivity contribution in [2.24, 2.45) is 0 Å². The van der Waals surface area contributed by atoms with E-state index in [-0.39, 0.29) is 0 Å². The average Bonchev–Trinajstić information content (AvgIpc) is 2.69. The van der Waals surface area contributed by atoms with Crippen LogP contribution in [0.1, 0.15) is 45.6 Å². The van der Waals surface area contributed by atoms with Gasteiger partial charge in [-0.25, -0.2) is 0 Å². The van der Waals surface area contributed by atoms with Gasteiger partial charge in [0.15, 0.2) is 0 Å². The van der Waals surface area contributed by atoms with Gasteiger partial charge in [0, 0.05) is 71.2 Å². The van der Waals surface area contributed by atoms with Crippen LogP contribution in [0.5, 0.6) is 0 Å². The highest BCUT2D eigenvalue weighted by molar-refractivity contribution is 5.26. The maximum Gasteiger partial charge on any atom is 0.0466 e. The first-order chi connectivity index (χ1) is 13.8. The Morgan fingerprint density at radius 2 is 0.500 bits per heavy atom. The monoisotopic (exact) mass is 364 g/mol. The fourth-order valence-corrected chi connectivity index (χ4v) is 3.65. The lowest BCUT2D eigenvalue weighted by Crippen LogP contribution is -2.05. The molecule has 0 aliphatic carbocycles. The van der Waals surface area contributed by atoms with E-state index in [1.54, 1.807) is 0 Å². The third kappa shape index (κ3) is 3.81. The summed E-state index contributed by atoms with van der Waals surface area (Å²) in [6, 6.07) is 24.8. The van der Waals surface area contributed by atoms with Crippen molar-refractivity contribution in [1.82, 2.24) is 19.9 Å². The molecule has 28 heavy (non-hydrogen) atoms. The van der Waals surface area contributed by atoms with Gasteiger partial charge in [0.05, 0.1) is 0 Å². The number of aromatic nitrogens is 4. The lowest BCUT2D eigenvalue weighted by atomic mass is 10.1. The van der Waals surface area contributed by atoms with Gasteiger partial charge < -0.3 is 0 Å². The summed E-state index contributed by atoms with van der Waals surface area (Å²) >= 11 is 0. The largest absolute Gasteiger partial charge is 0.257 e. The summed E-state index contributed by atoms with van der Waals surface area (Å²) in [6.45, 7) is 0. The fraction of sp³-hybridized carbons (Fsp3) is 0.167. The summed E-state index contributed by atoms with van der Waals surface area (Å²) < 4.78 is 0. The molecule has 0 saturated heterocycles. The molecule has 0 aromatic carbocycles. The van der Waals surface area contributed by atoms with Gasteiger partial charge in [-0.15, -0.1) is 0 Å². The molecule has 4 aromatic heterocycles. The Bertz CT molecular complexity index is 886. The highest BCUT2D eigenvalue weighted by Crippen LogP contribution is 2.14. The zero-order valence-electron chi connectivity index (χ0n) is 15.5. The van der Waals surface area contributed by atoms with Crippen molar-refractivity contribution in [2.75, 3.05) is 0 Å². The minimum absolute atomic E-state index is 0.725. The van der Waals surface area contributed by atoms with Crippen LogP contribution in [-0.4, -0.2) is 19.9 Å². The van der Waals surface area contributed by atoms with E-state index in [2.05, 4.69) is 72.8 Å². The Kier molecular flexibility index (Phi) is 4.37. The lowest BCUT2D eigenvalue weighted by molar-refractivity contribution is 0.893. The van der Waals surface area contributed by atoms with Crippen LogP contribution in [0.25, 0.3) is 0 Å². The summed E-state index contributed by atoms with van der Waals surface area (Å²) in [5.74, 6) is 0. The Morgan fingerprint density at radius 1 is 0.321 bits per heavy atom. The Balaban J connectivity index is 1.60. The molecule has 4 aromatic rings. The number of hydrogen-bond donors (Lipinski definition) is 0. The van der Waals surface area contributed by atoms with Gasteiger partial charge in [0.25, 0.3) is 0 Å². The normalized spacial score (nSPS) is 13.1. The van der Waals surface area contributed by atoms with E-state index in [4.69, 9.17) is 19.9 Å². The molecule has 5 heterocycles. The molecular weight excluding hydrogens is 344 g/mol. The Labute approximate surface area is 164 Å². The van der Waals surface area contributed by atoms with Crippen LogP contribution in [0, 0.1) is 0 Å². The molecular formula is C24H20N4. The van der Waals surface area contributed by atoms with Crippen LogP contribution < -0.4 is 0 Å². The van der Waals surface area contributed by atoms with Crippen LogP contribution in [0.15, 0.2) is 72.8 Å². The summed E-state index contributed by atoms with van der Waals surface area (Å²) in [5.41, 5.74) is 8.26. The number of nitrogens with zero attached hydrogens (tertiary/aromatic N) is 4. The summed E-state index contributed by atoms with van der Waals surface area (Å²) in [7, 11) is 0. The van der Waals surface area contributed by atoms with Crippen LogP contribution in [0.2, 0.25) is 0 Å². The zero-order chi connectivity index (χ0) is 18.8. The molecule has 4 nitrogen and oxygen atoms in total. The molecule has 0 radical (unpaired) electrons. The molecule has 8 bridgehead atoms. The lowest BCUT2D eigenvalue weighted by Gasteiger charge is -2.09. The van der Waals surface area contributed by atoms with E-state index in [1.807, 2.05) is 0 Å². The second kappa shape index (κ2) is 7.31. The maximum absolute atomic E-state index is 4.84. The third-order valence-electron chi connectivity index (χ3n) is 4.91. The number of pyridine rings is 4. The Hall–Kier alpha value is -3.40.